The first-order chi connectivity index (χ1) is 7.00. The van der Waals surface area contributed by atoms with Crippen molar-refractivity contribution < 1.29 is 8.42 Å². The van der Waals surface area contributed by atoms with E-state index >= 15 is 0 Å². The molecule has 0 spiro atoms. The zero-order valence-corrected chi connectivity index (χ0v) is 9.87. The summed E-state index contributed by atoms with van der Waals surface area (Å²) in [6.07, 6.45) is 5.39. The van der Waals surface area contributed by atoms with E-state index in [-0.39, 0.29) is 17.2 Å². The molecule has 1 saturated carbocycles. The summed E-state index contributed by atoms with van der Waals surface area (Å²) in [4.78, 5) is 0. The topological polar surface area (TPSA) is 46.2 Å². The first kappa shape index (κ1) is 9.85. The van der Waals surface area contributed by atoms with Crippen molar-refractivity contribution in [3.05, 3.63) is 12.2 Å². The summed E-state index contributed by atoms with van der Waals surface area (Å²) in [7, 11) is -3.05. The minimum absolute atomic E-state index is 0.139. The monoisotopic (exact) mass is 227 g/mol. The van der Waals surface area contributed by atoms with Crippen LogP contribution in [0.3, 0.4) is 0 Å². The van der Waals surface area contributed by atoms with Crippen LogP contribution in [0.15, 0.2) is 12.2 Å². The number of hydrogen-bond acceptors (Lipinski definition) is 2. The third-order valence-electron chi connectivity index (χ3n) is 4.24. The van der Waals surface area contributed by atoms with Crippen molar-refractivity contribution in [3.63, 3.8) is 0 Å². The van der Waals surface area contributed by atoms with Gasteiger partial charge in [0.1, 0.15) is 0 Å². The summed E-state index contributed by atoms with van der Waals surface area (Å²) in [5.74, 6) is 1.49. The van der Waals surface area contributed by atoms with Crippen molar-refractivity contribution in [2.45, 2.75) is 31.6 Å². The number of nitrogens with one attached hydrogen (secondary N) is 1. The lowest BCUT2D eigenvalue weighted by Gasteiger charge is -2.25. The van der Waals surface area contributed by atoms with E-state index in [4.69, 9.17) is 0 Å². The highest BCUT2D eigenvalue weighted by Gasteiger charge is 2.59. The molecule has 2 fully saturated rings. The molecule has 0 aromatic rings. The first-order valence-corrected chi connectivity index (χ1v) is 7.25. The van der Waals surface area contributed by atoms with Crippen molar-refractivity contribution in [2.75, 3.05) is 0 Å². The fraction of sp³-hybridized carbons (Fsp3) is 0.818. The summed E-state index contributed by atoms with van der Waals surface area (Å²) in [6, 6.07) is 0.153. The Bertz CT molecular complexity index is 412. The van der Waals surface area contributed by atoms with Gasteiger partial charge in [-0.15, -0.1) is 0 Å². The molecule has 1 heterocycles. The number of sulfonamides is 1. The molecule has 3 aliphatic rings. The van der Waals surface area contributed by atoms with Gasteiger partial charge in [0.25, 0.3) is 0 Å². The number of hydrogen-bond donors (Lipinski definition) is 1. The highest BCUT2D eigenvalue weighted by Crippen LogP contribution is 2.52. The lowest BCUT2D eigenvalue weighted by molar-refractivity contribution is 0.311. The summed E-state index contributed by atoms with van der Waals surface area (Å²) >= 11 is 0. The smallest absolute Gasteiger partial charge is 0.212 e. The molecule has 0 aromatic carbocycles. The van der Waals surface area contributed by atoms with E-state index in [0.717, 1.165) is 6.42 Å². The minimum atomic E-state index is -3.05. The third kappa shape index (κ3) is 1.18. The summed E-state index contributed by atoms with van der Waals surface area (Å²) in [5.41, 5.74) is 0. The number of fused-ring (bicyclic) bond motifs is 5. The highest BCUT2D eigenvalue weighted by atomic mass is 32.2. The van der Waals surface area contributed by atoms with Gasteiger partial charge in [-0.2, -0.15) is 0 Å². The largest absolute Gasteiger partial charge is 0.215 e. The molecule has 1 aliphatic heterocycles. The van der Waals surface area contributed by atoms with Crippen LogP contribution in [0, 0.1) is 23.7 Å². The van der Waals surface area contributed by atoms with Crippen molar-refractivity contribution in [1.82, 2.24) is 4.72 Å². The van der Waals surface area contributed by atoms with Crippen LogP contribution < -0.4 is 4.72 Å². The molecule has 15 heavy (non-hydrogen) atoms. The quantitative estimate of drug-likeness (QED) is 0.683. The SMILES string of the molecule is CC(C)[C@@H]1NS(=O)(=O)[C@@H]2[C@H]1[C@@H]1C=C[C@H]2C1. The van der Waals surface area contributed by atoms with Crippen LogP contribution in [-0.4, -0.2) is 19.7 Å². The number of allylic oxidation sites excluding steroid dienone is 2. The summed E-state index contributed by atoms with van der Waals surface area (Å²) in [6.45, 7) is 4.20. The van der Waals surface area contributed by atoms with Crippen molar-refractivity contribution >= 4 is 10.0 Å². The molecule has 84 valence electrons. The van der Waals surface area contributed by atoms with Gasteiger partial charge in [-0.1, -0.05) is 26.0 Å². The Balaban J connectivity index is 2.04. The molecule has 0 radical (unpaired) electrons. The predicted octanol–water partition coefficient (Wildman–Crippen LogP) is 1.13. The van der Waals surface area contributed by atoms with Crippen molar-refractivity contribution in [1.29, 1.82) is 0 Å². The second kappa shape index (κ2) is 2.86. The fourth-order valence-electron chi connectivity index (χ4n) is 3.65. The van der Waals surface area contributed by atoms with Gasteiger partial charge in [0.15, 0.2) is 0 Å². The molecule has 4 heteroatoms. The highest BCUT2D eigenvalue weighted by molar-refractivity contribution is 7.90. The van der Waals surface area contributed by atoms with Gasteiger partial charge >= 0.3 is 0 Å². The van der Waals surface area contributed by atoms with Crippen LogP contribution in [0.5, 0.6) is 0 Å². The zero-order valence-electron chi connectivity index (χ0n) is 9.05. The van der Waals surface area contributed by atoms with Gasteiger partial charge in [0.05, 0.1) is 5.25 Å². The van der Waals surface area contributed by atoms with E-state index in [1.807, 2.05) is 0 Å². The normalized spacial score (nSPS) is 50.2. The predicted molar refractivity (Wildman–Crippen MR) is 58.7 cm³/mol. The van der Waals surface area contributed by atoms with Crippen LogP contribution in [0.2, 0.25) is 0 Å². The molecule has 2 bridgehead atoms. The van der Waals surface area contributed by atoms with Gasteiger partial charge in [-0.25, -0.2) is 13.1 Å². The summed E-state index contributed by atoms with van der Waals surface area (Å²) < 4.78 is 26.9. The Kier molecular flexibility index (Phi) is 1.88. The molecular formula is C11H17NO2S. The zero-order chi connectivity index (χ0) is 10.8. The maximum absolute atomic E-state index is 12.0. The van der Waals surface area contributed by atoms with Gasteiger partial charge in [0, 0.05) is 12.0 Å². The average Bonchev–Trinajstić information content (AvgIpc) is 2.76. The molecule has 0 unspecified atom stereocenters. The Labute approximate surface area is 91.0 Å². The van der Waals surface area contributed by atoms with E-state index < -0.39 is 10.0 Å². The number of rotatable bonds is 1. The van der Waals surface area contributed by atoms with E-state index in [1.54, 1.807) is 0 Å². The van der Waals surface area contributed by atoms with Gasteiger partial charge in [0.2, 0.25) is 10.0 Å². The van der Waals surface area contributed by atoms with Crippen LogP contribution in [-0.2, 0) is 10.0 Å². The maximum atomic E-state index is 12.0. The second-order valence-corrected chi connectivity index (χ2v) is 7.29. The molecule has 1 saturated heterocycles. The van der Waals surface area contributed by atoms with Gasteiger partial charge < -0.3 is 0 Å². The first-order valence-electron chi connectivity index (χ1n) is 5.70. The Morgan fingerprint density at radius 2 is 1.93 bits per heavy atom. The molecule has 0 aromatic heterocycles. The molecule has 3 nitrogen and oxygen atoms in total. The Hall–Kier alpha value is -0.350. The van der Waals surface area contributed by atoms with Crippen LogP contribution in [0.4, 0.5) is 0 Å². The van der Waals surface area contributed by atoms with Crippen LogP contribution in [0.1, 0.15) is 20.3 Å². The lowest BCUT2D eigenvalue weighted by atomic mass is 9.82. The molecule has 3 rings (SSSR count). The molecule has 5 atom stereocenters. The van der Waals surface area contributed by atoms with Crippen molar-refractivity contribution in [3.8, 4) is 0 Å². The Morgan fingerprint density at radius 1 is 1.27 bits per heavy atom. The van der Waals surface area contributed by atoms with Crippen LogP contribution >= 0.6 is 0 Å². The van der Waals surface area contributed by atoms with E-state index in [9.17, 15) is 8.42 Å². The second-order valence-electron chi connectivity index (χ2n) is 5.42. The molecule has 0 amide bonds. The van der Waals surface area contributed by atoms with Crippen molar-refractivity contribution in [2.24, 2.45) is 23.7 Å². The van der Waals surface area contributed by atoms with Gasteiger partial charge in [-0.3, -0.25) is 0 Å². The van der Waals surface area contributed by atoms with Crippen LogP contribution in [0.25, 0.3) is 0 Å². The molecular weight excluding hydrogens is 210 g/mol. The standard InChI is InChI=1S/C11H17NO2S/c1-6(2)10-9-7-3-4-8(5-7)11(9)15(13,14)12-10/h3-4,6-12H,5H2,1-2H3/t7-,8+,9+,10+,11+/m1/s1. The minimum Gasteiger partial charge on any atom is -0.212 e. The third-order valence-corrected chi connectivity index (χ3v) is 6.22. The molecule has 1 N–H and O–H groups in total. The van der Waals surface area contributed by atoms with Gasteiger partial charge in [-0.05, 0) is 24.2 Å². The maximum Gasteiger partial charge on any atom is 0.215 e. The van der Waals surface area contributed by atoms with E-state index in [0.29, 0.717) is 17.8 Å². The molecule has 2 aliphatic carbocycles. The lowest BCUT2D eigenvalue weighted by Crippen LogP contribution is -2.35. The van der Waals surface area contributed by atoms with E-state index in [1.165, 1.54) is 0 Å². The fourth-order valence-corrected chi connectivity index (χ4v) is 6.06. The average molecular weight is 227 g/mol. The Morgan fingerprint density at radius 3 is 2.60 bits per heavy atom. The summed E-state index contributed by atoms with van der Waals surface area (Å²) in [5, 5.41) is -0.139. The van der Waals surface area contributed by atoms with E-state index in [2.05, 4.69) is 30.7 Å².